The molecule has 2 rings (SSSR count). The molecule has 0 bridgehead atoms. The molecule has 0 aliphatic carbocycles. The van der Waals surface area contributed by atoms with Crippen molar-refractivity contribution in [2.75, 3.05) is 26.8 Å². The van der Waals surface area contributed by atoms with Gasteiger partial charge in [0.2, 0.25) is 5.76 Å². The number of hydrogen-bond donors (Lipinski definition) is 0. The largest absolute Gasteiger partial charge is 0.466 e. The molecular formula is C15H21NO5. The van der Waals surface area contributed by atoms with Gasteiger partial charge in [-0.1, -0.05) is 0 Å². The maximum atomic E-state index is 11.8. The first-order chi connectivity index (χ1) is 10.1. The predicted molar refractivity (Wildman–Crippen MR) is 74.7 cm³/mol. The SMILES string of the molecule is CCOC(=O)C1CCCN(Cc2ccc(C(=O)OC)o2)C1. The molecule has 21 heavy (non-hydrogen) atoms. The molecule has 116 valence electrons. The van der Waals surface area contributed by atoms with Gasteiger partial charge in [0.25, 0.3) is 0 Å². The number of ether oxygens (including phenoxy) is 2. The molecule has 2 heterocycles. The summed E-state index contributed by atoms with van der Waals surface area (Å²) >= 11 is 0. The third-order valence-electron chi connectivity index (χ3n) is 3.55. The van der Waals surface area contributed by atoms with Gasteiger partial charge in [0.05, 0.1) is 26.2 Å². The molecule has 1 aliphatic rings. The Kier molecular flexibility index (Phi) is 5.38. The van der Waals surface area contributed by atoms with Crippen molar-refractivity contribution in [2.24, 2.45) is 5.92 Å². The second-order valence-electron chi connectivity index (χ2n) is 5.08. The number of furan rings is 1. The van der Waals surface area contributed by atoms with E-state index in [2.05, 4.69) is 9.64 Å². The van der Waals surface area contributed by atoms with E-state index in [1.54, 1.807) is 12.1 Å². The van der Waals surface area contributed by atoms with Crippen LogP contribution in [0.5, 0.6) is 0 Å². The summed E-state index contributed by atoms with van der Waals surface area (Å²) in [5, 5.41) is 0. The van der Waals surface area contributed by atoms with Gasteiger partial charge in [-0.25, -0.2) is 4.79 Å². The van der Waals surface area contributed by atoms with Crippen LogP contribution in [0.25, 0.3) is 0 Å². The molecule has 1 aromatic heterocycles. The monoisotopic (exact) mass is 295 g/mol. The number of piperidine rings is 1. The number of esters is 2. The van der Waals surface area contributed by atoms with Crippen molar-refractivity contribution in [1.82, 2.24) is 4.90 Å². The second kappa shape index (κ2) is 7.26. The number of rotatable bonds is 5. The lowest BCUT2D eigenvalue weighted by atomic mass is 9.98. The van der Waals surface area contributed by atoms with Crippen molar-refractivity contribution >= 4 is 11.9 Å². The summed E-state index contributed by atoms with van der Waals surface area (Å²) in [4.78, 5) is 25.3. The van der Waals surface area contributed by atoms with Crippen LogP contribution in [-0.2, 0) is 20.8 Å². The van der Waals surface area contributed by atoms with E-state index in [-0.39, 0.29) is 17.6 Å². The van der Waals surface area contributed by atoms with Gasteiger partial charge in [0.15, 0.2) is 0 Å². The molecular weight excluding hydrogens is 274 g/mol. The summed E-state index contributed by atoms with van der Waals surface area (Å²) < 4.78 is 15.1. The first-order valence-electron chi connectivity index (χ1n) is 7.20. The Hall–Kier alpha value is -1.82. The molecule has 0 radical (unpaired) electrons. The van der Waals surface area contributed by atoms with Crippen LogP contribution in [0.3, 0.4) is 0 Å². The fourth-order valence-corrected chi connectivity index (χ4v) is 2.55. The Labute approximate surface area is 124 Å². The lowest BCUT2D eigenvalue weighted by molar-refractivity contribution is -0.150. The average molecular weight is 295 g/mol. The molecule has 6 heteroatoms. The van der Waals surface area contributed by atoms with E-state index in [0.29, 0.717) is 25.5 Å². The zero-order chi connectivity index (χ0) is 15.2. The maximum Gasteiger partial charge on any atom is 0.373 e. The average Bonchev–Trinajstić information content (AvgIpc) is 2.95. The van der Waals surface area contributed by atoms with E-state index >= 15 is 0 Å². The summed E-state index contributed by atoms with van der Waals surface area (Å²) in [6.45, 7) is 4.37. The molecule has 6 nitrogen and oxygen atoms in total. The van der Waals surface area contributed by atoms with E-state index in [0.717, 1.165) is 19.4 Å². The number of hydrogen-bond acceptors (Lipinski definition) is 6. The standard InChI is InChI=1S/C15H21NO5/c1-3-20-14(17)11-5-4-8-16(9-11)10-12-6-7-13(21-12)15(18)19-2/h6-7,11H,3-5,8-10H2,1-2H3. The van der Waals surface area contributed by atoms with E-state index < -0.39 is 5.97 Å². The Bertz CT molecular complexity index is 496. The van der Waals surface area contributed by atoms with E-state index in [1.165, 1.54) is 7.11 Å². The third-order valence-corrected chi connectivity index (χ3v) is 3.55. The second-order valence-corrected chi connectivity index (χ2v) is 5.08. The van der Waals surface area contributed by atoms with Crippen LogP contribution < -0.4 is 0 Å². The van der Waals surface area contributed by atoms with Crippen molar-refractivity contribution in [1.29, 1.82) is 0 Å². The Morgan fingerprint density at radius 2 is 2.24 bits per heavy atom. The van der Waals surface area contributed by atoms with Crippen LogP contribution in [0.4, 0.5) is 0 Å². The smallest absolute Gasteiger partial charge is 0.373 e. The van der Waals surface area contributed by atoms with Gasteiger partial charge < -0.3 is 13.9 Å². The van der Waals surface area contributed by atoms with Crippen molar-refractivity contribution in [3.63, 3.8) is 0 Å². The number of methoxy groups -OCH3 is 1. The van der Waals surface area contributed by atoms with Crippen LogP contribution in [0.1, 0.15) is 36.1 Å². The maximum absolute atomic E-state index is 11.8. The molecule has 0 N–H and O–H groups in total. The Morgan fingerprint density at radius 1 is 1.43 bits per heavy atom. The first kappa shape index (κ1) is 15.6. The lowest BCUT2D eigenvalue weighted by Crippen LogP contribution is -2.38. The molecule has 0 aromatic carbocycles. The Morgan fingerprint density at radius 3 is 2.95 bits per heavy atom. The van der Waals surface area contributed by atoms with Gasteiger partial charge in [-0.05, 0) is 38.4 Å². The van der Waals surface area contributed by atoms with Gasteiger partial charge in [-0.15, -0.1) is 0 Å². The lowest BCUT2D eigenvalue weighted by Gasteiger charge is -2.30. The zero-order valence-electron chi connectivity index (χ0n) is 12.5. The molecule has 1 atom stereocenters. The van der Waals surface area contributed by atoms with Gasteiger partial charge in [0, 0.05) is 6.54 Å². The molecule has 1 fully saturated rings. The molecule has 0 saturated carbocycles. The number of carbonyl (C=O) groups excluding carboxylic acids is 2. The highest BCUT2D eigenvalue weighted by Gasteiger charge is 2.27. The molecule has 1 unspecified atom stereocenters. The van der Waals surface area contributed by atoms with E-state index in [4.69, 9.17) is 9.15 Å². The number of nitrogens with zero attached hydrogens (tertiary/aromatic N) is 1. The number of carbonyl (C=O) groups is 2. The van der Waals surface area contributed by atoms with Crippen LogP contribution in [0.15, 0.2) is 16.5 Å². The van der Waals surface area contributed by atoms with E-state index in [9.17, 15) is 9.59 Å². The minimum Gasteiger partial charge on any atom is -0.466 e. The highest BCUT2D eigenvalue weighted by Crippen LogP contribution is 2.20. The minimum absolute atomic E-state index is 0.0752. The highest BCUT2D eigenvalue weighted by molar-refractivity contribution is 5.86. The van der Waals surface area contributed by atoms with Gasteiger partial charge >= 0.3 is 11.9 Å². The summed E-state index contributed by atoms with van der Waals surface area (Å²) in [5.74, 6) is 0.210. The topological polar surface area (TPSA) is 69.0 Å². The Balaban J connectivity index is 1.91. The van der Waals surface area contributed by atoms with Gasteiger partial charge in [-0.3, -0.25) is 9.69 Å². The third kappa shape index (κ3) is 4.07. The van der Waals surface area contributed by atoms with Crippen molar-refractivity contribution in [2.45, 2.75) is 26.3 Å². The fraction of sp³-hybridized carbons (Fsp3) is 0.600. The summed E-state index contributed by atoms with van der Waals surface area (Å²) in [6.07, 6.45) is 1.81. The molecule has 0 amide bonds. The van der Waals surface area contributed by atoms with E-state index in [1.807, 2.05) is 6.92 Å². The summed E-state index contributed by atoms with van der Waals surface area (Å²) in [7, 11) is 1.32. The normalized spacial score (nSPS) is 19.2. The summed E-state index contributed by atoms with van der Waals surface area (Å²) in [6, 6.07) is 3.37. The number of likely N-dealkylation sites (tertiary alicyclic amines) is 1. The molecule has 1 aromatic rings. The highest BCUT2D eigenvalue weighted by atomic mass is 16.5. The zero-order valence-corrected chi connectivity index (χ0v) is 12.5. The molecule has 1 aliphatic heterocycles. The van der Waals surface area contributed by atoms with Gasteiger partial charge in [-0.2, -0.15) is 0 Å². The predicted octanol–water partition coefficient (Wildman–Crippen LogP) is 1.84. The van der Waals surface area contributed by atoms with Crippen molar-refractivity contribution < 1.29 is 23.5 Å². The van der Waals surface area contributed by atoms with Gasteiger partial charge in [0.1, 0.15) is 5.76 Å². The minimum atomic E-state index is -0.482. The van der Waals surface area contributed by atoms with Crippen molar-refractivity contribution in [3.8, 4) is 0 Å². The van der Waals surface area contributed by atoms with Crippen LogP contribution in [0.2, 0.25) is 0 Å². The molecule has 1 saturated heterocycles. The first-order valence-corrected chi connectivity index (χ1v) is 7.20. The van der Waals surface area contributed by atoms with Crippen molar-refractivity contribution in [3.05, 3.63) is 23.7 Å². The van der Waals surface area contributed by atoms with Crippen LogP contribution >= 0.6 is 0 Å². The summed E-state index contributed by atoms with van der Waals surface area (Å²) in [5.41, 5.74) is 0. The van der Waals surface area contributed by atoms with Crippen LogP contribution in [0, 0.1) is 5.92 Å². The quantitative estimate of drug-likeness (QED) is 0.772. The fourth-order valence-electron chi connectivity index (χ4n) is 2.55. The van der Waals surface area contributed by atoms with Crippen LogP contribution in [-0.4, -0.2) is 43.6 Å². The molecule has 0 spiro atoms.